The van der Waals surface area contributed by atoms with E-state index in [2.05, 4.69) is 35.9 Å². The Bertz CT molecular complexity index is 749. The third-order valence-electron chi connectivity index (χ3n) is 6.26. The third-order valence-corrected chi connectivity index (χ3v) is 7.46. The van der Waals surface area contributed by atoms with Crippen molar-refractivity contribution in [3.63, 3.8) is 0 Å². The molecule has 0 saturated heterocycles. The summed E-state index contributed by atoms with van der Waals surface area (Å²) in [5.74, 6) is 1.66. The molecule has 2 aromatic rings. The highest BCUT2D eigenvalue weighted by molar-refractivity contribution is 7.18. The summed E-state index contributed by atoms with van der Waals surface area (Å²) in [6.45, 7) is 2.29. The molecule has 1 atom stereocenters. The highest BCUT2D eigenvalue weighted by Gasteiger charge is 2.28. The molecular weight excluding hydrogens is 342 g/mol. The van der Waals surface area contributed by atoms with Gasteiger partial charge < -0.3 is 9.64 Å². The zero-order chi connectivity index (χ0) is 18.1. The standard InChI is InChI=1S/C21H31N3OS/c1-4-5-14-6-11-18-17(12-14)19-20(22-13-23-21(19)26-18)25-16-9-7-15(8-10-16)24(2)3/h13-16H,4-12H2,1-3H3/t14?,15-,16-. The van der Waals surface area contributed by atoms with Gasteiger partial charge in [-0.15, -0.1) is 11.3 Å². The van der Waals surface area contributed by atoms with Gasteiger partial charge in [-0.3, -0.25) is 0 Å². The van der Waals surface area contributed by atoms with Crippen LogP contribution in [-0.2, 0) is 12.8 Å². The van der Waals surface area contributed by atoms with Crippen molar-refractivity contribution in [3.8, 4) is 5.88 Å². The Balaban J connectivity index is 1.56. The molecule has 1 unspecified atom stereocenters. The van der Waals surface area contributed by atoms with Crippen molar-refractivity contribution in [1.82, 2.24) is 14.9 Å². The van der Waals surface area contributed by atoms with Crippen LogP contribution in [0.25, 0.3) is 10.2 Å². The van der Waals surface area contributed by atoms with E-state index in [1.165, 1.54) is 60.8 Å². The van der Waals surface area contributed by atoms with Crippen LogP contribution in [0.4, 0.5) is 0 Å². The van der Waals surface area contributed by atoms with E-state index in [-0.39, 0.29) is 0 Å². The second kappa shape index (κ2) is 7.81. The quantitative estimate of drug-likeness (QED) is 0.751. The molecule has 0 N–H and O–H groups in total. The van der Waals surface area contributed by atoms with E-state index in [9.17, 15) is 0 Å². The van der Waals surface area contributed by atoms with Crippen LogP contribution >= 0.6 is 11.3 Å². The van der Waals surface area contributed by atoms with Crippen LogP contribution in [0.1, 0.15) is 62.3 Å². The van der Waals surface area contributed by atoms with Gasteiger partial charge in [0.2, 0.25) is 5.88 Å². The monoisotopic (exact) mass is 373 g/mol. The van der Waals surface area contributed by atoms with Crippen molar-refractivity contribution in [3.05, 3.63) is 16.8 Å². The lowest BCUT2D eigenvalue weighted by molar-refractivity contribution is 0.108. The molecular formula is C21H31N3OS. The molecule has 4 nitrogen and oxygen atoms in total. The summed E-state index contributed by atoms with van der Waals surface area (Å²) in [5.41, 5.74) is 1.49. The van der Waals surface area contributed by atoms with E-state index in [1.807, 2.05) is 11.3 Å². The van der Waals surface area contributed by atoms with Crippen LogP contribution in [0.2, 0.25) is 0 Å². The first-order valence-corrected chi connectivity index (χ1v) is 11.1. The molecule has 2 aliphatic rings. The van der Waals surface area contributed by atoms with Gasteiger partial charge in [-0.1, -0.05) is 19.8 Å². The molecule has 1 fully saturated rings. The number of ether oxygens (including phenoxy) is 1. The largest absolute Gasteiger partial charge is 0.474 e. The maximum Gasteiger partial charge on any atom is 0.225 e. The molecule has 0 bridgehead atoms. The topological polar surface area (TPSA) is 38.3 Å². The Labute approximate surface area is 161 Å². The average molecular weight is 374 g/mol. The highest BCUT2D eigenvalue weighted by atomic mass is 32.1. The summed E-state index contributed by atoms with van der Waals surface area (Å²) in [6.07, 6.45) is 13.0. The van der Waals surface area contributed by atoms with Gasteiger partial charge in [-0.25, -0.2) is 9.97 Å². The Morgan fingerprint density at radius 1 is 1.15 bits per heavy atom. The number of rotatable bonds is 5. The van der Waals surface area contributed by atoms with Gasteiger partial charge in [0.25, 0.3) is 0 Å². The van der Waals surface area contributed by atoms with Crippen molar-refractivity contribution in [1.29, 1.82) is 0 Å². The fraction of sp³-hybridized carbons (Fsp3) is 0.714. The third kappa shape index (κ3) is 3.61. The molecule has 0 aromatic carbocycles. The lowest BCUT2D eigenvalue weighted by Gasteiger charge is -2.32. The summed E-state index contributed by atoms with van der Waals surface area (Å²) in [7, 11) is 4.37. The van der Waals surface area contributed by atoms with Crippen molar-refractivity contribution >= 4 is 21.6 Å². The van der Waals surface area contributed by atoms with Crippen LogP contribution < -0.4 is 4.74 Å². The summed E-state index contributed by atoms with van der Waals surface area (Å²) >= 11 is 1.86. The molecule has 26 heavy (non-hydrogen) atoms. The zero-order valence-corrected chi connectivity index (χ0v) is 17.1. The molecule has 2 heterocycles. The Kier molecular flexibility index (Phi) is 5.46. The number of aromatic nitrogens is 2. The molecule has 2 aromatic heterocycles. The lowest BCUT2D eigenvalue weighted by atomic mass is 9.84. The first-order valence-electron chi connectivity index (χ1n) is 10.2. The summed E-state index contributed by atoms with van der Waals surface area (Å²) < 4.78 is 6.45. The van der Waals surface area contributed by atoms with Gasteiger partial charge in [0.1, 0.15) is 17.3 Å². The number of fused-ring (bicyclic) bond motifs is 3. The molecule has 0 radical (unpaired) electrons. The molecule has 0 spiro atoms. The minimum atomic E-state index is 0.301. The van der Waals surface area contributed by atoms with E-state index in [0.717, 1.165) is 29.5 Å². The fourth-order valence-corrected chi connectivity index (χ4v) is 5.91. The normalized spacial score (nSPS) is 26.2. The van der Waals surface area contributed by atoms with Crippen LogP contribution in [0.3, 0.4) is 0 Å². The molecule has 0 aliphatic heterocycles. The highest BCUT2D eigenvalue weighted by Crippen LogP contribution is 2.42. The molecule has 0 amide bonds. The molecule has 142 valence electrons. The van der Waals surface area contributed by atoms with Gasteiger partial charge >= 0.3 is 0 Å². The predicted molar refractivity (Wildman–Crippen MR) is 108 cm³/mol. The molecule has 5 heteroatoms. The minimum absolute atomic E-state index is 0.301. The first-order chi connectivity index (χ1) is 12.7. The van der Waals surface area contributed by atoms with Gasteiger partial charge in [0.05, 0.1) is 5.39 Å². The maximum atomic E-state index is 6.45. The number of thiophene rings is 1. The van der Waals surface area contributed by atoms with Gasteiger partial charge in [0.15, 0.2) is 0 Å². The number of hydrogen-bond acceptors (Lipinski definition) is 5. The van der Waals surface area contributed by atoms with Crippen LogP contribution in [0.15, 0.2) is 6.33 Å². The fourth-order valence-electron chi connectivity index (χ4n) is 4.73. The summed E-state index contributed by atoms with van der Waals surface area (Å²) in [6, 6.07) is 0.698. The minimum Gasteiger partial charge on any atom is -0.474 e. The predicted octanol–water partition coefficient (Wildman–Crippen LogP) is 4.85. The summed E-state index contributed by atoms with van der Waals surface area (Å²) in [4.78, 5) is 14.1. The molecule has 2 aliphatic carbocycles. The molecule has 1 saturated carbocycles. The van der Waals surface area contributed by atoms with Crippen molar-refractivity contribution in [2.24, 2.45) is 5.92 Å². The zero-order valence-electron chi connectivity index (χ0n) is 16.3. The van der Waals surface area contributed by atoms with Gasteiger partial charge in [-0.05, 0) is 70.5 Å². The Hall–Kier alpha value is -1.20. The van der Waals surface area contributed by atoms with Crippen LogP contribution in [0, 0.1) is 5.92 Å². The number of nitrogens with zero attached hydrogens (tertiary/aromatic N) is 3. The van der Waals surface area contributed by atoms with E-state index < -0.39 is 0 Å². The van der Waals surface area contributed by atoms with Crippen molar-refractivity contribution in [2.75, 3.05) is 14.1 Å². The van der Waals surface area contributed by atoms with Crippen LogP contribution in [-0.4, -0.2) is 41.1 Å². The van der Waals surface area contributed by atoms with Gasteiger partial charge in [-0.2, -0.15) is 0 Å². The second-order valence-electron chi connectivity index (χ2n) is 8.27. The van der Waals surface area contributed by atoms with E-state index >= 15 is 0 Å². The maximum absolute atomic E-state index is 6.45. The van der Waals surface area contributed by atoms with E-state index in [4.69, 9.17) is 4.74 Å². The van der Waals surface area contributed by atoms with Crippen LogP contribution in [0.5, 0.6) is 5.88 Å². The second-order valence-corrected chi connectivity index (χ2v) is 9.36. The average Bonchev–Trinajstić information content (AvgIpc) is 3.01. The van der Waals surface area contributed by atoms with Crippen molar-refractivity contribution in [2.45, 2.75) is 76.9 Å². The smallest absolute Gasteiger partial charge is 0.225 e. The van der Waals surface area contributed by atoms with E-state index in [1.54, 1.807) is 6.33 Å². The first kappa shape index (κ1) is 18.2. The Morgan fingerprint density at radius 3 is 2.69 bits per heavy atom. The van der Waals surface area contributed by atoms with Crippen molar-refractivity contribution < 1.29 is 4.74 Å². The number of hydrogen-bond donors (Lipinski definition) is 0. The number of aryl methyl sites for hydroxylation is 1. The van der Waals surface area contributed by atoms with E-state index in [0.29, 0.717) is 12.1 Å². The summed E-state index contributed by atoms with van der Waals surface area (Å²) in [5, 5.41) is 1.23. The molecule has 4 rings (SSSR count). The SMILES string of the molecule is CCCC1CCc2sc3ncnc(O[C@H]4CC[C@H](N(C)C)CC4)c3c2C1. The Morgan fingerprint density at radius 2 is 1.96 bits per heavy atom. The van der Waals surface area contributed by atoms with Gasteiger partial charge in [0, 0.05) is 10.9 Å². The lowest BCUT2D eigenvalue weighted by Crippen LogP contribution is -2.35.